The van der Waals surface area contributed by atoms with Crippen LogP contribution in [0.3, 0.4) is 0 Å². The minimum absolute atomic E-state index is 0.0747. The van der Waals surface area contributed by atoms with Crippen LogP contribution in [-0.2, 0) is 26.0 Å². The summed E-state index contributed by atoms with van der Waals surface area (Å²) in [6, 6.07) is 12.2. The number of ether oxygens (including phenoxy) is 2. The summed E-state index contributed by atoms with van der Waals surface area (Å²) in [5.41, 5.74) is 2.79. The van der Waals surface area contributed by atoms with Crippen LogP contribution in [-0.4, -0.2) is 39.8 Å². The molecule has 2 aromatic rings. The van der Waals surface area contributed by atoms with Gasteiger partial charge in [-0.05, 0) is 49.2 Å². The van der Waals surface area contributed by atoms with Crippen molar-refractivity contribution in [3.05, 3.63) is 64.2 Å². The maximum absolute atomic E-state index is 13.2. The van der Waals surface area contributed by atoms with Gasteiger partial charge in [-0.25, -0.2) is 8.42 Å². The van der Waals surface area contributed by atoms with Crippen molar-refractivity contribution in [2.24, 2.45) is 0 Å². The fourth-order valence-electron chi connectivity index (χ4n) is 2.55. The van der Waals surface area contributed by atoms with Crippen molar-refractivity contribution in [2.75, 3.05) is 20.8 Å². The van der Waals surface area contributed by atoms with Crippen LogP contribution in [0, 0.1) is 13.8 Å². The predicted octanol–water partition coefficient (Wildman–Crippen LogP) is 3.77. The van der Waals surface area contributed by atoms with E-state index in [1.807, 2.05) is 26.0 Å². The standard InChI is InChI=1S/C19H24ClNO4S/c1-14-5-9-18(10-6-14)26(22,23)21(13-19(24-3)25-4)12-16-7-8-17(20)11-15(16)2/h5-11,19H,12-13H2,1-4H3. The molecule has 2 aromatic carbocycles. The van der Waals surface area contributed by atoms with Crippen LogP contribution in [0.25, 0.3) is 0 Å². The van der Waals surface area contributed by atoms with Crippen molar-refractivity contribution < 1.29 is 17.9 Å². The van der Waals surface area contributed by atoms with Crippen LogP contribution in [0.5, 0.6) is 0 Å². The first-order valence-corrected chi connectivity index (χ1v) is 9.97. The Labute approximate surface area is 160 Å². The Bertz CT molecular complexity index is 833. The second-order valence-corrected chi connectivity index (χ2v) is 8.46. The lowest BCUT2D eigenvalue weighted by molar-refractivity contribution is -0.108. The summed E-state index contributed by atoms with van der Waals surface area (Å²) in [6.45, 7) is 4.09. The molecule has 0 fully saturated rings. The molecule has 0 radical (unpaired) electrons. The van der Waals surface area contributed by atoms with E-state index in [-0.39, 0.29) is 18.0 Å². The normalized spacial score (nSPS) is 12.1. The number of sulfonamides is 1. The van der Waals surface area contributed by atoms with E-state index in [0.717, 1.165) is 16.7 Å². The Balaban J connectivity index is 2.40. The third-order valence-electron chi connectivity index (χ3n) is 4.19. The van der Waals surface area contributed by atoms with Gasteiger partial charge in [0.05, 0.1) is 11.4 Å². The zero-order chi connectivity index (χ0) is 19.3. The van der Waals surface area contributed by atoms with E-state index in [0.29, 0.717) is 5.02 Å². The lowest BCUT2D eigenvalue weighted by atomic mass is 10.1. The second-order valence-electron chi connectivity index (χ2n) is 6.08. The van der Waals surface area contributed by atoms with E-state index in [4.69, 9.17) is 21.1 Å². The van der Waals surface area contributed by atoms with Crippen LogP contribution < -0.4 is 0 Å². The Kier molecular flexibility index (Phi) is 7.20. The zero-order valence-electron chi connectivity index (χ0n) is 15.4. The van der Waals surface area contributed by atoms with Crippen molar-refractivity contribution in [1.82, 2.24) is 4.31 Å². The zero-order valence-corrected chi connectivity index (χ0v) is 17.0. The molecule has 0 heterocycles. The van der Waals surface area contributed by atoms with Gasteiger partial charge in [0.1, 0.15) is 0 Å². The summed E-state index contributed by atoms with van der Waals surface area (Å²) in [5.74, 6) is 0. The highest BCUT2D eigenvalue weighted by atomic mass is 35.5. The fourth-order valence-corrected chi connectivity index (χ4v) is 4.18. The molecular weight excluding hydrogens is 374 g/mol. The van der Waals surface area contributed by atoms with Gasteiger partial charge in [0.25, 0.3) is 0 Å². The van der Waals surface area contributed by atoms with Crippen LogP contribution in [0.4, 0.5) is 0 Å². The van der Waals surface area contributed by atoms with Gasteiger partial charge in [0, 0.05) is 25.8 Å². The quantitative estimate of drug-likeness (QED) is 0.636. The first kappa shape index (κ1) is 20.9. The maximum Gasteiger partial charge on any atom is 0.243 e. The lowest BCUT2D eigenvalue weighted by Crippen LogP contribution is -2.38. The molecule has 2 rings (SSSR count). The molecule has 0 aliphatic carbocycles. The Morgan fingerprint density at radius 2 is 1.65 bits per heavy atom. The van der Waals surface area contributed by atoms with Gasteiger partial charge in [-0.3, -0.25) is 0 Å². The number of rotatable bonds is 8. The monoisotopic (exact) mass is 397 g/mol. The van der Waals surface area contributed by atoms with Crippen molar-refractivity contribution >= 4 is 21.6 Å². The molecule has 26 heavy (non-hydrogen) atoms. The molecule has 0 atom stereocenters. The number of nitrogens with zero attached hydrogens (tertiary/aromatic N) is 1. The summed E-state index contributed by atoms with van der Waals surface area (Å²) < 4.78 is 38.2. The van der Waals surface area contributed by atoms with Crippen molar-refractivity contribution in [3.63, 3.8) is 0 Å². The molecule has 0 amide bonds. The number of aryl methyl sites for hydroxylation is 2. The van der Waals surface area contributed by atoms with Crippen LogP contribution >= 0.6 is 11.6 Å². The lowest BCUT2D eigenvalue weighted by Gasteiger charge is -2.26. The molecule has 5 nitrogen and oxygen atoms in total. The van der Waals surface area contributed by atoms with E-state index >= 15 is 0 Å². The molecule has 0 aliphatic rings. The summed E-state index contributed by atoms with van der Waals surface area (Å²) in [6.07, 6.45) is -0.664. The first-order valence-electron chi connectivity index (χ1n) is 8.15. The highest BCUT2D eigenvalue weighted by Crippen LogP contribution is 2.23. The minimum atomic E-state index is -3.72. The number of hydrogen-bond acceptors (Lipinski definition) is 4. The van der Waals surface area contributed by atoms with Crippen LogP contribution in [0.2, 0.25) is 5.02 Å². The van der Waals surface area contributed by atoms with Gasteiger partial charge < -0.3 is 9.47 Å². The average Bonchev–Trinajstić information content (AvgIpc) is 2.60. The number of benzene rings is 2. The molecule has 0 N–H and O–H groups in total. The van der Waals surface area contributed by atoms with Crippen molar-refractivity contribution in [1.29, 1.82) is 0 Å². The summed E-state index contributed by atoms with van der Waals surface area (Å²) in [4.78, 5) is 0.237. The molecule has 7 heteroatoms. The van der Waals surface area contributed by atoms with E-state index in [9.17, 15) is 8.42 Å². The third-order valence-corrected chi connectivity index (χ3v) is 6.25. The largest absolute Gasteiger partial charge is 0.354 e. The van der Waals surface area contributed by atoms with E-state index in [1.54, 1.807) is 30.3 Å². The highest BCUT2D eigenvalue weighted by molar-refractivity contribution is 7.89. The van der Waals surface area contributed by atoms with Gasteiger partial charge in [-0.1, -0.05) is 35.4 Å². The predicted molar refractivity (Wildman–Crippen MR) is 103 cm³/mol. The van der Waals surface area contributed by atoms with E-state index in [1.165, 1.54) is 18.5 Å². The van der Waals surface area contributed by atoms with Crippen LogP contribution in [0.1, 0.15) is 16.7 Å². The molecule has 0 spiro atoms. The van der Waals surface area contributed by atoms with Crippen molar-refractivity contribution in [3.8, 4) is 0 Å². The van der Waals surface area contributed by atoms with Crippen LogP contribution in [0.15, 0.2) is 47.4 Å². The number of halogens is 1. The molecule has 142 valence electrons. The summed E-state index contributed by atoms with van der Waals surface area (Å²) in [7, 11) is -0.749. The smallest absolute Gasteiger partial charge is 0.243 e. The first-order chi connectivity index (χ1) is 12.3. The van der Waals surface area contributed by atoms with Gasteiger partial charge in [-0.15, -0.1) is 0 Å². The Morgan fingerprint density at radius 1 is 1.04 bits per heavy atom. The van der Waals surface area contributed by atoms with Gasteiger partial charge in [0.2, 0.25) is 10.0 Å². The number of methoxy groups -OCH3 is 2. The number of hydrogen-bond donors (Lipinski definition) is 0. The van der Waals surface area contributed by atoms with Gasteiger partial charge in [0.15, 0.2) is 6.29 Å². The minimum Gasteiger partial charge on any atom is -0.354 e. The van der Waals surface area contributed by atoms with Crippen molar-refractivity contribution in [2.45, 2.75) is 31.6 Å². The molecule has 0 aromatic heterocycles. The van der Waals surface area contributed by atoms with E-state index in [2.05, 4.69) is 0 Å². The highest BCUT2D eigenvalue weighted by Gasteiger charge is 2.28. The fraction of sp³-hybridized carbons (Fsp3) is 0.368. The van der Waals surface area contributed by atoms with E-state index < -0.39 is 16.3 Å². The summed E-state index contributed by atoms with van der Waals surface area (Å²) in [5, 5.41) is 0.617. The van der Waals surface area contributed by atoms with Gasteiger partial charge >= 0.3 is 0 Å². The SMILES string of the molecule is COC(CN(Cc1ccc(Cl)cc1C)S(=O)(=O)c1ccc(C)cc1)OC. The molecule has 0 unspecified atom stereocenters. The second kappa shape index (κ2) is 8.97. The molecule has 0 bridgehead atoms. The topological polar surface area (TPSA) is 55.8 Å². The molecular formula is C19H24ClNO4S. The Morgan fingerprint density at radius 3 is 2.19 bits per heavy atom. The molecule has 0 saturated carbocycles. The average molecular weight is 398 g/mol. The third kappa shape index (κ3) is 5.05. The Hall–Kier alpha value is -1.44. The van der Waals surface area contributed by atoms with Gasteiger partial charge in [-0.2, -0.15) is 4.31 Å². The molecule has 0 saturated heterocycles. The maximum atomic E-state index is 13.2. The summed E-state index contributed by atoms with van der Waals surface area (Å²) >= 11 is 6.01. The molecule has 0 aliphatic heterocycles.